The number of methoxy groups -OCH3 is 1. The lowest BCUT2D eigenvalue weighted by atomic mass is 9.89. The van der Waals surface area contributed by atoms with Crippen LogP contribution in [0.4, 0.5) is 0 Å². The van der Waals surface area contributed by atoms with Crippen molar-refractivity contribution >= 4 is 0 Å². The van der Waals surface area contributed by atoms with Crippen molar-refractivity contribution in [2.24, 2.45) is 11.8 Å². The van der Waals surface area contributed by atoms with Crippen LogP contribution < -0.4 is 0 Å². The average Bonchev–Trinajstić information content (AvgIpc) is 2.22. The van der Waals surface area contributed by atoms with Gasteiger partial charge in [0, 0.05) is 13.0 Å². The van der Waals surface area contributed by atoms with Gasteiger partial charge >= 0.3 is 0 Å². The van der Waals surface area contributed by atoms with E-state index >= 15 is 0 Å². The molecule has 0 amide bonds. The molecule has 0 aromatic rings. The molecule has 0 aromatic heterocycles. The Morgan fingerprint density at radius 2 is 2.00 bits per heavy atom. The molecule has 0 rings (SSSR count). The van der Waals surface area contributed by atoms with E-state index in [1.54, 1.807) is 7.11 Å². The Balaban J connectivity index is 4.20. The molecule has 2 atom stereocenters. The number of rotatable bonds is 9. The van der Waals surface area contributed by atoms with E-state index in [0.29, 0.717) is 18.6 Å². The predicted octanol–water partition coefficient (Wildman–Crippen LogP) is 3.62. The van der Waals surface area contributed by atoms with Gasteiger partial charge in [0.05, 0.1) is 6.10 Å². The SMILES string of the molecule is C=C[C@@H](CCCC)[C@@H](OCOC)C(C)C. The zero-order valence-corrected chi connectivity index (χ0v) is 10.7. The maximum atomic E-state index is 5.71. The molecule has 0 aliphatic rings. The summed E-state index contributed by atoms with van der Waals surface area (Å²) in [5.74, 6) is 0.945. The zero-order valence-electron chi connectivity index (χ0n) is 10.7. The zero-order chi connectivity index (χ0) is 11.7. The first-order chi connectivity index (χ1) is 7.17. The van der Waals surface area contributed by atoms with Gasteiger partial charge in [-0.1, -0.05) is 39.7 Å². The van der Waals surface area contributed by atoms with E-state index in [1.807, 2.05) is 6.08 Å². The molecule has 0 heterocycles. The van der Waals surface area contributed by atoms with Crippen molar-refractivity contribution < 1.29 is 9.47 Å². The molecule has 0 unspecified atom stereocenters. The second-order valence-corrected chi connectivity index (χ2v) is 4.32. The van der Waals surface area contributed by atoms with Gasteiger partial charge in [-0.05, 0) is 12.3 Å². The quantitative estimate of drug-likeness (QED) is 0.431. The van der Waals surface area contributed by atoms with Crippen LogP contribution in [0.2, 0.25) is 0 Å². The summed E-state index contributed by atoms with van der Waals surface area (Å²) in [7, 11) is 1.66. The summed E-state index contributed by atoms with van der Waals surface area (Å²) in [5.41, 5.74) is 0. The first-order valence-corrected chi connectivity index (χ1v) is 5.90. The normalized spacial score (nSPS) is 15.3. The van der Waals surface area contributed by atoms with Gasteiger partial charge in [0.15, 0.2) is 0 Å². The summed E-state index contributed by atoms with van der Waals surface area (Å²) in [6.07, 6.45) is 5.87. The Labute approximate surface area is 94.7 Å². The van der Waals surface area contributed by atoms with Crippen molar-refractivity contribution in [1.82, 2.24) is 0 Å². The van der Waals surface area contributed by atoms with E-state index in [-0.39, 0.29) is 6.10 Å². The highest BCUT2D eigenvalue weighted by atomic mass is 16.7. The standard InChI is InChI=1S/C13H26O2/c1-6-8-9-12(7-2)13(11(3)4)15-10-14-5/h7,11-13H,2,6,8-10H2,1,3-5H3/t12-,13-/m0/s1. The van der Waals surface area contributed by atoms with Crippen molar-refractivity contribution in [2.75, 3.05) is 13.9 Å². The minimum atomic E-state index is 0.231. The smallest absolute Gasteiger partial charge is 0.146 e. The van der Waals surface area contributed by atoms with Crippen LogP contribution in [0.15, 0.2) is 12.7 Å². The van der Waals surface area contributed by atoms with Gasteiger partial charge in [0.2, 0.25) is 0 Å². The third-order valence-corrected chi connectivity index (χ3v) is 2.65. The van der Waals surface area contributed by atoms with Crippen molar-refractivity contribution in [3.05, 3.63) is 12.7 Å². The fraction of sp³-hybridized carbons (Fsp3) is 0.846. The van der Waals surface area contributed by atoms with Crippen LogP contribution in [0.3, 0.4) is 0 Å². The molecule has 0 saturated heterocycles. The lowest BCUT2D eigenvalue weighted by Crippen LogP contribution is -2.29. The van der Waals surface area contributed by atoms with E-state index in [0.717, 1.165) is 6.42 Å². The number of hydrogen-bond donors (Lipinski definition) is 0. The molecule has 2 nitrogen and oxygen atoms in total. The highest BCUT2D eigenvalue weighted by Gasteiger charge is 2.22. The number of hydrogen-bond acceptors (Lipinski definition) is 2. The highest BCUT2D eigenvalue weighted by Crippen LogP contribution is 2.23. The molecule has 0 saturated carbocycles. The van der Waals surface area contributed by atoms with Crippen LogP contribution in [0, 0.1) is 11.8 Å². The Morgan fingerprint density at radius 1 is 1.33 bits per heavy atom. The molecule has 90 valence electrons. The summed E-state index contributed by atoms with van der Waals surface area (Å²) >= 11 is 0. The van der Waals surface area contributed by atoms with Crippen LogP contribution in [0.25, 0.3) is 0 Å². The number of unbranched alkanes of at least 4 members (excludes halogenated alkanes) is 1. The summed E-state index contributed by atoms with van der Waals surface area (Å²) in [6, 6.07) is 0. The lowest BCUT2D eigenvalue weighted by molar-refractivity contribution is -0.102. The van der Waals surface area contributed by atoms with E-state index in [9.17, 15) is 0 Å². The highest BCUT2D eigenvalue weighted by molar-refractivity contribution is 4.86. The maximum absolute atomic E-state index is 5.71. The van der Waals surface area contributed by atoms with Crippen LogP contribution >= 0.6 is 0 Å². The average molecular weight is 214 g/mol. The molecular weight excluding hydrogens is 188 g/mol. The van der Waals surface area contributed by atoms with Crippen molar-refractivity contribution in [3.8, 4) is 0 Å². The molecule has 2 heteroatoms. The molecule has 0 radical (unpaired) electrons. The van der Waals surface area contributed by atoms with Crippen LogP contribution in [-0.4, -0.2) is 20.0 Å². The van der Waals surface area contributed by atoms with Crippen LogP contribution in [0.5, 0.6) is 0 Å². The fourth-order valence-electron chi connectivity index (χ4n) is 1.81. The van der Waals surface area contributed by atoms with Gasteiger partial charge in [-0.15, -0.1) is 6.58 Å². The first-order valence-electron chi connectivity index (χ1n) is 5.90. The van der Waals surface area contributed by atoms with Crippen LogP contribution in [-0.2, 0) is 9.47 Å². The van der Waals surface area contributed by atoms with Crippen molar-refractivity contribution in [3.63, 3.8) is 0 Å². The van der Waals surface area contributed by atoms with Gasteiger partial charge in [-0.2, -0.15) is 0 Å². The molecule has 0 bridgehead atoms. The second-order valence-electron chi connectivity index (χ2n) is 4.32. The fourth-order valence-corrected chi connectivity index (χ4v) is 1.81. The minimum absolute atomic E-state index is 0.231. The summed E-state index contributed by atoms with van der Waals surface area (Å²) < 4.78 is 10.7. The molecule has 0 fully saturated rings. The molecule has 0 aliphatic carbocycles. The molecular formula is C13H26O2. The molecule has 0 aromatic carbocycles. The van der Waals surface area contributed by atoms with Gasteiger partial charge < -0.3 is 9.47 Å². The summed E-state index contributed by atoms with van der Waals surface area (Å²) in [6.45, 7) is 10.9. The van der Waals surface area contributed by atoms with E-state index < -0.39 is 0 Å². The largest absolute Gasteiger partial charge is 0.359 e. The Kier molecular flexibility index (Phi) is 8.73. The number of ether oxygens (including phenoxy) is 2. The molecule has 0 aliphatic heterocycles. The third-order valence-electron chi connectivity index (χ3n) is 2.65. The predicted molar refractivity (Wildman–Crippen MR) is 64.8 cm³/mol. The van der Waals surface area contributed by atoms with Crippen molar-refractivity contribution in [1.29, 1.82) is 0 Å². The molecule has 0 spiro atoms. The minimum Gasteiger partial charge on any atom is -0.359 e. The Bertz CT molecular complexity index is 155. The Hall–Kier alpha value is -0.340. The van der Waals surface area contributed by atoms with E-state index in [1.165, 1.54) is 12.8 Å². The summed E-state index contributed by atoms with van der Waals surface area (Å²) in [5, 5.41) is 0. The van der Waals surface area contributed by atoms with Gasteiger partial charge in [-0.3, -0.25) is 0 Å². The first kappa shape index (κ1) is 14.7. The van der Waals surface area contributed by atoms with Crippen molar-refractivity contribution in [2.45, 2.75) is 46.1 Å². The topological polar surface area (TPSA) is 18.5 Å². The third kappa shape index (κ3) is 5.95. The Morgan fingerprint density at radius 3 is 2.40 bits per heavy atom. The van der Waals surface area contributed by atoms with Gasteiger partial charge in [0.1, 0.15) is 6.79 Å². The monoisotopic (exact) mass is 214 g/mol. The molecule has 15 heavy (non-hydrogen) atoms. The maximum Gasteiger partial charge on any atom is 0.146 e. The van der Waals surface area contributed by atoms with Gasteiger partial charge in [-0.25, -0.2) is 0 Å². The lowest BCUT2D eigenvalue weighted by Gasteiger charge is -2.27. The summed E-state index contributed by atoms with van der Waals surface area (Å²) in [4.78, 5) is 0. The molecule has 0 N–H and O–H groups in total. The van der Waals surface area contributed by atoms with E-state index in [4.69, 9.17) is 9.47 Å². The van der Waals surface area contributed by atoms with Gasteiger partial charge in [0.25, 0.3) is 0 Å². The van der Waals surface area contributed by atoms with Crippen LogP contribution in [0.1, 0.15) is 40.0 Å². The second kappa shape index (κ2) is 8.93. The van der Waals surface area contributed by atoms with E-state index in [2.05, 4.69) is 27.4 Å².